The summed E-state index contributed by atoms with van der Waals surface area (Å²) in [4.78, 5) is 44.9. The van der Waals surface area contributed by atoms with Gasteiger partial charge in [-0.25, -0.2) is 9.59 Å². The maximum atomic E-state index is 12.0. The zero-order valence-electron chi connectivity index (χ0n) is 12.4. The number of rotatable bonds is 4. The topological polar surface area (TPSA) is 139 Å². The average molecular weight is 364 g/mol. The molecular weight excluding hydrogens is 354 g/mol. The molecule has 0 aliphatic rings. The first kappa shape index (κ1) is 17.9. The number of halogens is 1. The quantitative estimate of drug-likeness (QED) is 0.563. The molecule has 0 radical (unpaired) electrons. The summed E-state index contributed by atoms with van der Waals surface area (Å²) >= 11 is 5.84. The summed E-state index contributed by atoms with van der Waals surface area (Å²) < 4.78 is 0. The molecule has 0 aromatic heterocycles. The minimum absolute atomic E-state index is 0.0510. The lowest BCUT2D eigenvalue weighted by atomic mass is 10.1. The van der Waals surface area contributed by atoms with Gasteiger partial charge in [-0.2, -0.15) is 0 Å². The van der Waals surface area contributed by atoms with Crippen LogP contribution in [-0.2, 0) is 0 Å². The first-order chi connectivity index (χ1) is 11.8. The number of hydrogen-bond acceptors (Lipinski definition) is 5. The number of urea groups is 1. The Balaban J connectivity index is 2.18. The van der Waals surface area contributed by atoms with E-state index >= 15 is 0 Å². The average Bonchev–Trinajstić information content (AvgIpc) is 2.54. The van der Waals surface area contributed by atoms with Crippen LogP contribution >= 0.6 is 11.6 Å². The number of benzene rings is 2. The molecule has 0 spiro atoms. The number of aromatic carboxylic acids is 1. The van der Waals surface area contributed by atoms with Gasteiger partial charge >= 0.3 is 12.0 Å². The third-order valence-corrected chi connectivity index (χ3v) is 3.36. The third-order valence-electron chi connectivity index (χ3n) is 3.04. The van der Waals surface area contributed by atoms with E-state index in [9.17, 15) is 24.5 Å². The lowest BCUT2D eigenvalue weighted by Gasteiger charge is -2.08. The number of nitrogens with one attached hydrogen (secondary N) is 2. The Morgan fingerprint density at radius 1 is 1.12 bits per heavy atom. The number of hydrogen-bond donors (Lipinski definition) is 3. The lowest BCUT2D eigenvalue weighted by molar-refractivity contribution is -0.383. The maximum Gasteiger partial charge on any atom is 0.335 e. The number of imide groups is 1. The second-order valence-corrected chi connectivity index (χ2v) is 5.09. The summed E-state index contributed by atoms with van der Waals surface area (Å²) in [5.41, 5.74) is -1.15. The molecule has 0 saturated heterocycles. The van der Waals surface area contributed by atoms with Crippen LogP contribution in [0.4, 0.5) is 16.2 Å². The number of carboxylic acids is 1. The van der Waals surface area contributed by atoms with Gasteiger partial charge in [0.1, 0.15) is 5.69 Å². The van der Waals surface area contributed by atoms with Crippen molar-refractivity contribution in [1.29, 1.82) is 0 Å². The molecule has 2 rings (SSSR count). The second-order valence-electron chi connectivity index (χ2n) is 4.68. The van der Waals surface area contributed by atoms with Crippen molar-refractivity contribution in [3.05, 3.63) is 68.7 Å². The lowest BCUT2D eigenvalue weighted by Crippen LogP contribution is -2.34. The third kappa shape index (κ3) is 4.30. The Morgan fingerprint density at radius 3 is 2.40 bits per heavy atom. The van der Waals surface area contributed by atoms with Crippen molar-refractivity contribution in [3.8, 4) is 0 Å². The highest BCUT2D eigenvalue weighted by Gasteiger charge is 2.20. The highest BCUT2D eigenvalue weighted by atomic mass is 35.5. The molecule has 0 unspecified atom stereocenters. The van der Waals surface area contributed by atoms with Gasteiger partial charge in [-0.1, -0.05) is 23.7 Å². The van der Waals surface area contributed by atoms with E-state index in [1.54, 1.807) is 12.1 Å². The van der Waals surface area contributed by atoms with Gasteiger partial charge < -0.3 is 10.4 Å². The van der Waals surface area contributed by atoms with Crippen LogP contribution in [0.25, 0.3) is 0 Å². The number of nitrogens with zero attached hydrogens (tertiary/aromatic N) is 1. The minimum atomic E-state index is -1.35. The molecule has 9 nitrogen and oxygen atoms in total. The standard InChI is InChI=1S/C15H10ClN3O6/c16-10-4-2-1-3-9(10)13(20)18-15(23)17-11-6-5-8(14(21)22)7-12(11)19(24)25/h1-7H,(H,21,22)(H2,17,18,20,23). The molecule has 2 aromatic carbocycles. The molecule has 0 atom stereocenters. The summed E-state index contributed by atoms with van der Waals surface area (Å²) in [6.07, 6.45) is 0. The van der Waals surface area contributed by atoms with Gasteiger partial charge in [0.25, 0.3) is 11.6 Å². The molecular formula is C15H10ClN3O6. The SMILES string of the molecule is O=C(NC(=O)c1ccccc1Cl)Nc1ccc(C(=O)O)cc1[N+](=O)[O-]. The number of anilines is 1. The fourth-order valence-corrected chi connectivity index (χ4v) is 2.11. The van der Waals surface area contributed by atoms with Gasteiger partial charge in [-0.3, -0.25) is 20.2 Å². The van der Waals surface area contributed by atoms with E-state index in [-0.39, 0.29) is 21.8 Å². The van der Waals surface area contributed by atoms with Gasteiger partial charge in [-0.15, -0.1) is 0 Å². The van der Waals surface area contributed by atoms with Crippen LogP contribution < -0.4 is 10.6 Å². The largest absolute Gasteiger partial charge is 0.478 e. The molecule has 3 amide bonds. The Bertz CT molecular complexity index is 883. The molecule has 10 heteroatoms. The van der Waals surface area contributed by atoms with Crippen LogP contribution in [0.15, 0.2) is 42.5 Å². The van der Waals surface area contributed by atoms with Crippen LogP contribution in [0.2, 0.25) is 5.02 Å². The van der Waals surface area contributed by atoms with Gasteiger partial charge in [0.05, 0.1) is 21.1 Å². The summed E-state index contributed by atoms with van der Waals surface area (Å²) in [7, 11) is 0. The van der Waals surface area contributed by atoms with Crippen molar-refractivity contribution in [2.24, 2.45) is 0 Å². The fourth-order valence-electron chi connectivity index (χ4n) is 1.89. The zero-order valence-corrected chi connectivity index (χ0v) is 13.1. The van der Waals surface area contributed by atoms with Crippen LogP contribution in [0.3, 0.4) is 0 Å². The predicted octanol–water partition coefficient (Wildman–Crippen LogP) is 2.91. The number of nitro benzene ring substituents is 1. The van der Waals surface area contributed by atoms with E-state index in [1.165, 1.54) is 12.1 Å². The molecule has 3 N–H and O–H groups in total. The summed E-state index contributed by atoms with van der Waals surface area (Å²) in [6, 6.07) is 7.92. The Labute approximate surface area is 145 Å². The Kier molecular flexibility index (Phi) is 5.30. The highest BCUT2D eigenvalue weighted by molar-refractivity contribution is 6.34. The maximum absolute atomic E-state index is 12.0. The smallest absolute Gasteiger partial charge is 0.335 e. The first-order valence-corrected chi connectivity index (χ1v) is 7.06. The zero-order chi connectivity index (χ0) is 18.6. The molecule has 0 fully saturated rings. The van der Waals surface area contributed by atoms with Crippen molar-refractivity contribution < 1.29 is 24.4 Å². The van der Waals surface area contributed by atoms with Crippen LogP contribution in [-0.4, -0.2) is 27.9 Å². The van der Waals surface area contributed by atoms with E-state index < -0.39 is 28.5 Å². The van der Waals surface area contributed by atoms with Gasteiger partial charge in [0.2, 0.25) is 0 Å². The molecule has 128 valence electrons. The van der Waals surface area contributed by atoms with E-state index in [1.807, 2.05) is 5.32 Å². The molecule has 0 saturated carbocycles. The second kappa shape index (κ2) is 7.41. The van der Waals surface area contributed by atoms with Crippen molar-refractivity contribution in [1.82, 2.24) is 5.32 Å². The van der Waals surface area contributed by atoms with E-state index in [0.717, 1.165) is 18.2 Å². The van der Waals surface area contributed by atoms with Gasteiger partial charge in [-0.05, 0) is 24.3 Å². The predicted molar refractivity (Wildman–Crippen MR) is 88.0 cm³/mol. The number of nitro groups is 1. The molecule has 0 aliphatic heterocycles. The van der Waals surface area contributed by atoms with Crippen molar-refractivity contribution in [3.63, 3.8) is 0 Å². The number of carboxylic acid groups (broad SMARTS) is 1. The van der Waals surface area contributed by atoms with Gasteiger partial charge in [0, 0.05) is 6.07 Å². The molecule has 2 aromatic rings. The molecule has 0 heterocycles. The van der Waals surface area contributed by atoms with Crippen LogP contribution in [0, 0.1) is 10.1 Å². The minimum Gasteiger partial charge on any atom is -0.478 e. The van der Waals surface area contributed by atoms with Crippen LogP contribution in [0.5, 0.6) is 0 Å². The monoisotopic (exact) mass is 363 g/mol. The molecule has 0 aliphatic carbocycles. The van der Waals surface area contributed by atoms with E-state index in [4.69, 9.17) is 16.7 Å². The van der Waals surface area contributed by atoms with Gasteiger partial charge in [0.15, 0.2) is 0 Å². The number of amides is 3. The molecule has 25 heavy (non-hydrogen) atoms. The summed E-state index contributed by atoms with van der Waals surface area (Å²) in [6.45, 7) is 0. The first-order valence-electron chi connectivity index (χ1n) is 6.68. The fraction of sp³-hybridized carbons (Fsp3) is 0. The van der Waals surface area contributed by atoms with E-state index in [2.05, 4.69) is 5.32 Å². The van der Waals surface area contributed by atoms with Crippen molar-refractivity contribution in [2.75, 3.05) is 5.32 Å². The van der Waals surface area contributed by atoms with Crippen molar-refractivity contribution >= 4 is 40.9 Å². The summed E-state index contributed by atoms with van der Waals surface area (Å²) in [5, 5.41) is 24.1. The normalized spacial score (nSPS) is 9.96. The Hall–Kier alpha value is -3.46. The number of carbonyl (C=O) groups is 3. The van der Waals surface area contributed by atoms with Crippen molar-refractivity contribution in [2.45, 2.75) is 0 Å². The highest BCUT2D eigenvalue weighted by Crippen LogP contribution is 2.25. The summed E-state index contributed by atoms with van der Waals surface area (Å²) in [5.74, 6) is -2.15. The Morgan fingerprint density at radius 2 is 1.80 bits per heavy atom. The van der Waals surface area contributed by atoms with Crippen LogP contribution in [0.1, 0.15) is 20.7 Å². The number of carbonyl (C=O) groups excluding carboxylic acids is 2. The molecule has 0 bridgehead atoms. The van der Waals surface area contributed by atoms with E-state index in [0.29, 0.717) is 0 Å².